The molecule has 3 rings (SSSR count). The smallest absolute Gasteiger partial charge is 0.336 e. The number of halogens is 2. The second kappa shape index (κ2) is 6.04. The molecule has 0 amide bonds. The molecule has 3 nitrogen and oxygen atoms in total. The number of hydrogen-bond acceptors (Lipinski definition) is 4. The summed E-state index contributed by atoms with van der Waals surface area (Å²) >= 11 is 1.16. The van der Waals surface area contributed by atoms with E-state index in [1.54, 1.807) is 13.0 Å². The summed E-state index contributed by atoms with van der Waals surface area (Å²) in [7, 11) is 0. The molecule has 1 aromatic heterocycles. The van der Waals surface area contributed by atoms with E-state index in [9.17, 15) is 18.7 Å². The third kappa shape index (κ3) is 3.07. The van der Waals surface area contributed by atoms with Crippen LogP contribution in [-0.4, -0.2) is 5.11 Å². The van der Waals surface area contributed by atoms with Gasteiger partial charge < -0.3 is 9.52 Å². The monoisotopic (exact) mass is 334 g/mol. The average molecular weight is 334 g/mol. The molecule has 0 bridgehead atoms. The van der Waals surface area contributed by atoms with E-state index in [0.717, 1.165) is 17.8 Å². The quantitative estimate of drug-likeness (QED) is 0.570. The summed E-state index contributed by atoms with van der Waals surface area (Å²) in [5.74, 6) is -0.926. The summed E-state index contributed by atoms with van der Waals surface area (Å²) in [4.78, 5) is 12.0. The van der Waals surface area contributed by atoms with Crippen molar-refractivity contribution in [3.05, 3.63) is 69.6 Å². The highest BCUT2D eigenvalue weighted by Gasteiger charge is 2.12. The molecule has 23 heavy (non-hydrogen) atoms. The van der Waals surface area contributed by atoms with E-state index in [1.807, 2.05) is 0 Å². The van der Waals surface area contributed by atoms with Gasteiger partial charge in [-0.25, -0.2) is 13.6 Å². The van der Waals surface area contributed by atoms with E-state index >= 15 is 0 Å². The molecule has 0 fully saturated rings. The molecule has 0 radical (unpaired) electrons. The lowest BCUT2D eigenvalue weighted by atomic mass is 10.1. The molecule has 0 saturated carbocycles. The third-order valence-corrected chi connectivity index (χ3v) is 4.59. The third-order valence-electron chi connectivity index (χ3n) is 3.50. The lowest BCUT2D eigenvalue weighted by Gasteiger charge is -2.08. The van der Waals surface area contributed by atoms with Gasteiger partial charge in [-0.05, 0) is 36.8 Å². The molecule has 2 aromatic carbocycles. The van der Waals surface area contributed by atoms with E-state index in [-0.39, 0.29) is 5.75 Å². The predicted molar refractivity (Wildman–Crippen MR) is 84.8 cm³/mol. The first-order chi connectivity index (χ1) is 11.0. The van der Waals surface area contributed by atoms with E-state index in [4.69, 9.17) is 4.42 Å². The van der Waals surface area contributed by atoms with Crippen LogP contribution in [0.15, 0.2) is 50.5 Å². The summed E-state index contributed by atoms with van der Waals surface area (Å²) < 4.78 is 31.8. The minimum absolute atomic E-state index is 0.0371. The largest absolute Gasteiger partial charge is 0.508 e. The standard InChI is InChI=1S/C17H12F2O3S/c1-9-14(20)4-3-12-10(6-16(21)22-17(9)12)8-23-15-5-2-11(18)7-13(15)19/h2-7,20H,8H2,1H3. The van der Waals surface area contributed by atoms with Gasteiger partial charge in [0.15, 0.2) is 0 Å². The fourth-order valence-corrected chi connectivity index (χ4v) is 3.19. The van der Waals surface area contributed by atoms with Gasteiger partial charge >= 0.3 is 5.63 Å². The van der Waals surface area contributed by atoms with E-state index in [1.165, 1.54) is 24.3 Å². The van der Waals surface area contributed by atoms with Gasteiger partial charge in [-0.2, -0.15) is 0 Å². The zero-order chi connectivity index (χ0) is 16.6. The van der Waals surface area contributed by atoms with Crippen LogP contribution < -0.4 is 5.63 Å². The highest BCUT2D eigenvalue weighted by Crippen LogP contribution is 2.31. The van der Waals surface area contributed by atoms with Crippen molar-refractivity contribution in [3.8, 4) is 5.75 Å². The molecule has 0 unspecified atom stereocenters. The molecule has 118 valence electrons. The van der Waals surface area contributed by atoms with Crippen molar-refractivity contribution >= 4 is 22.7 Å². The topological polar surface area (TPSA) is 50.4 Å². The van der Waals surface area contributed by atoms with Crippen LogP contribution in [0.2, 0.25) is 0 Å². The zero-order valence-corrected chi connectivity index (χ0v) is 12.9. The predicted octanol–water partition coefficient (Wildman–Crippen LogP) is 4.38. The van der Waals surface area contributed by atoms with Crippen molar-refractivity contribution < 1.29 is 18.3 Å². The summed E-state index contributed by atoms with van der Waals surface area (Å²) in [5.41, 5.74) is 0.904. The van der Waals surface area contributed by atoms with Gasteiger partial charge in [0.1, 0.15) is 23.0 Å². The molecule has 6 heteroatoms. The Morgan fingerprint density at radius 3 is 2.70 bits per heavy atom. The Bertz CT molecular complexity index is 950. The Labute approximate surface area is 134 Å². The minimum atomic E-state index is -0.643. The molecule has 1 heterocycles. The molecular formula is C17H12F2O3S. The zero-order valence-electron chi connectivity index (χ0n) is 12.1. The second-order valence-corrected chi connectivity index (χ2v) is 6.06. The van der Waals surface area contributed by atoms with Crippen LogP contribution in [0.4, 0.5) is 8.78 Å². The maximum absolute atomic E-state index is 13.7. The molecule has 0 saturated heterocycles. The molecule has 0 atom stereocenters. The first kappa shape index (κ1) is 15.6. The van der Waals surface area contributed by atoms with Crippen molar-refractivity contribution in [2.45, 2.75) is 17.6 Å². The number of rotatable bonds is 3. The van der Waals surface area contributed by atoms with Crippen molar-refractivity contribution in [3.63, 3.8) is 0 Å². The van der Waals surface area contributed by atoms with E-state index in [2.05, 4.69) is 0 Å². The lowest BCUT2D eigenvalue weighted by molar-refractivity contribution is 0.468. The fraction of sp³-hybridized carbons (Fsp3) is 0.118. The van der Waals surface area contributed by atoms with Crippen LogP contribution in [0.25, 0.3) is 11.0 Å². The lowest BCUT2D eigenvalue weighted by Crippen LogP contribution is -2.01. The number of phenolic OH excluding ortho intramolecular Hbond substituents is 1. The Morgan fingerprint density at radius 1 is 1.17 bits per heavy atom. The first-order valence-corrected chi connectivity index (χ1v) is 7.77. The van der Waals surface area contributed by atoms with Crippen LogP contribution in [0, 0.1) is 18.6 Å². The maximum atomic E-state index is 13.7. The van der Waals surface area contributed by atoms with Gasteiger partial charge in [-0.15, -0.1) is 11.8 Å². The fourth-order valence-electron chi connectivity index (χ4n) is 2.28. The number of fused-ring (bicyclic) bond motifs is 1. The number of aromatic hydroxyl groups is 1. The highest BCUT2D eigenvalue weighted by molar-refractivity contribution is 7.98. The van der Waals surface area contributed by atoms with Crippen molar-refractivity contribution in [1.82, 2.24) is 0 Å². The van der Waals surface area contributed by atoms with Gasteiger partial charge in [0, 0.05) is 33.7 Å². The van der Waals surface area contributed by atoms with Crippen LogP contribution in [0.1, 0.15) is 11.1 Å². The van der Waals surface area contributed by atoms with Crippen molar-refractivity contribution in [1.29, 1.82) is 0 Å². The highest BCUT2D eigenvalue weighted by atomic mass is 32.2. The van der Waals surface area contributed by atoms with Crippen molar-refractivity contribution in [2.75, 3.05) is 0 Å². The summed E-state index contributed by atoms with van der Waals surface area (Å²) in [6.45, 7) is 1.65. The number of phenols is 1. The Balaban J connectivity index is 2.00. The van der Waals surface area contributed by atoms with Crippen LogP contribution >= 0.6 is 11.8 Å². The molecular weight excluding hydrogens is 322 g/mol. The van der Waals surface area contributed by atoms with Gasteiger partial charge in [-0.3, -0.25) is 0 Å². The van der Waals surface area contributed by atoms with Gasteiger partial charge in [0.05, 0.1) is 0 Å². The van der Waals surface area contributed by atoms with Crippen LogP contribution in [0.3, 0.4) is 0 Å². The minimum Gasteiger partial charge on any atom is -0.508 e. The Kier molecular flexibility index (Phi) is 4.09. The van der Waals surface area contributed by atoms with Gasteiger partial charge in [0.25, 0.3) is 0 Å². The van der Waals surface area contributed by atoms with Crippen LogP contribution in [0.5, 0.6) is 5.75 Å². The molecule has 0 aliphatic heterocycles. The molecule has 0 spiro atoms. The number of benzene rings is 2. The molecule has 0 aliphatic carbocycles. The SMILES string of the molecule is Cc1c(O)ccc2c(CSc3ccc(F)cc3F)cc(=O)oc12. The number of aryl methyl sites for hydroxylation is 1. The summed E-state index contributed by atoms with van der Waals surface area (Å²) in [5, 5.41) is 10.4. The van der Waals surface area contributed by atoms with E-state index < -0.39 is 17.3 Å². The van der Waals surface area contributed by atoms with Gasteiger partial charge in [-0.1, -0.05) is 0 Å². The molecule has 3 aromatic rings. The van der Waals surface area contributed by atoms with Crippen molar-refractivity contribution in [2.24, 2.45) is 0 Å². The van der Waals surface area contributed by atoms with E-state index in [0.29, 0.717) is 32.7 Å². The normalized spacial score (nSPS) is 11.1. The maximum Gasteiger partial charge on any atom is 0.336 e. The second-order valence-electron chi connectivity index (χ2n) is 5.04. The molecule has 1 N–H and O–H groups in total. The Hall–Kier alpha value is -2.34. The molecule has 0 aliphatic rings. The first-order valence-electron chi connectivity index (χ1n) is 6.79. The summed E-state index contributed by atoms with van der Waals surface area (Å²) in [6, 6.07) is 7.88. The number of thioether (sulfide) groups is 1. The van der Waals surface area contributed by atoms with Crippen LogP contribution in [-0.2, 0) is 5.75 Å². The number of hydrogen-bond donors (Lipinski definition) is 1. The summed E-state index contributed by atoms with van der Waals surface area (Å²) in [6.07, 6.45) is 0. The van der Waals surface area contributed by atoms with Gasteiger partial charge in [0.2, 0.25) is 0 Å². The Morgan fingerprint density at radius 2 is 1.96 bits per heavy atom. The average Bonchev–Trinajstić information content (AvgIpc) is 2.50.